The van der Waals surface area contributed by atoms with Gasteiger partial charge in [0.05, 0.1) is 5.69 Å². The lowest BCUT2D eigenvalue weighted by atomic mass is 9.92. The van der Waals surface area contributed by atoms with E-state index in [1.165, 1.54) is 4.90 Å². The second-order valence-corrected chi connectivity index (χ2v) is 12.3. The monoisotopic (exact) mass is 453 g/mol. The van der Waals surface area contributed by atoms with E-state index in [4.69, 9.17) is 0 Å². The molecule has 0 N–H and O–H groups in total. The van der Waals surface area contributed by atoms with E-state index in [1.807, 2.05) is 53.2 Å². The van der Waals surface area contributed by atoms with E-state index >= 15 is 0 Å². The zero-order valence-electron chi connectivity index (χ0n) is 19.5. The van der Waals surface area contributed by atoms with E-state index < -0.39 is 13.1 Å². The molecule has 2 fully saturated rings. The molecule has 0 aliphatic carbocycles. The zero-order chi connectivity index (χ0) is 23.2. The van der Waals surface area contributed by atoms with Crippen molar-refractivity contribution in [2.45, 2.75) is 51.6 Å². The van der Waals surface area contributed by atoms with Crippen LogP contribution >= 0.6 is 7.44 Å². The van der Waals surface area contributed by atoms with E-state index in [0.717, 1.165) is 16.8 Å². The number of anilines is 2. The Morgan fingerprint density at radius 3 is 2.03 bits per heavy atom. The summed E-state index contributed by atoms with van der Waals surface area (Å²) >= 11 is 0. The fourth-order valence-corrected chi connectivity index (χ4v) is 8.09. The van der Waals surface area contributed by atoms with E-state index in [1.54, 1.807) is 11.7 Å². The molecule has 2 aromatic carbocycles. The third-order valence-corrected chi connectivity index (χ3v) is 10.1. The summed E-state index contributed by atoms with van der Waals surface area (Å²) in [7, 11) is -1.52. The molecule has 7 heteroatoms. The van der Waals surface area contributed by atoms with E-state index in [-0.39, 0.29) is 30.1 Å². The van der Waals surface area contributed by atoms with Gasteiger partial charge in [0.15, 0.2) is 0 Å². The molecule has 2 aromatic rings. The maximum absolute atomic E-state index is 14.5. The number of hydrogen-bond donors (Lipinski definition) is 0. The molecule has 2 aliphatic rings. The molecule has 0 saturated carbocycles. The number of nitrogens with zero attached hydrogens (tertiary/aromatic N) is 3. The van der Waals surface area contributed by atoms with Crippen LogP contribution in [0.3, 0.4) is 0 Å². The van der Waals surface area contributed by atoms with Crippen LogP contribution < -0.4 is 9.57 Å². The third kappa shape index (κ3) is 3.50. The Balaban J connectivity index is 1.80. The highest BCUT2D eigenvalue weighted by atomic mass is 31.2. The normalized spacial score (nSPS) is 24.4. The summed E-state index contributed by atoms with van der Waals surface area (Å²) in [6.45, 7) is 9.41. The van der Waals surface area contributed by atoms with Crippen LogP contribution in [0.25, 0.3) is 0 Å². The number of benzene rings is 2. The fraction of sp³-hybridized carbons (Fsp3) is 0.440. The van der Waals surface area contributed by atoms with Crippen molar-refractivity contribution in [3.05, 3.63) is 59.7 Å². The first-order chi connectivity index (χ1) is 15.2. The van der Waals surface area contributed by atoms with Gasteiger partial charge in [-0.15, -0.1) is 0 Å². The Morgan fingerprint density at radius 1 is 0.875 bits per heavy atom. The number of carbonyl (C=O) groups excluding carboxylic acids is 2. The van der Waals surface area contributed by atoms with Crippen LogP contribution in [-0.2, 0) is 14.2 Å². The molecule has 2 heterocycles. The van der Waals surface area contributed by atoms with Gasteiger partial charge in [-0.2, -0.15) is 0 Å². The standard InChI is InChI=1S/C25H32N3O3P/c1-17(2)20-12-9-13-21(18(3)4)24(20)28-23(29)16-22(25(28)30)32(31)26(5)14-15-27(32)19-10-7-6-8-11-19/h6-13,17-18,22H,14-16H2,1-5H3. The lowest BCUT2D eigenvalue weighted by Crippen LogP contribution is -2.36. The van der Waals surface area contributed by atoms with Gasteiger partial charge in [-0.25, -0.2) is 9.57 Å². The van der Waals surface area contributed by atoms with Crippen molar-refractivity contribution in [2.75, 3.05) is 29.7 Å². The van der Waals surface area contributed by atoms with Gasteiger partial charge in [-0.1, -0.05) is 64.1 Å². The first kappa shape index (κ1) is 22.8. The van der Waals surface area contributed by atoms with Crippen LogP contribution in [0.4, 0.5) is 11.4 Å². The maximum Gasteiger partial charge on any atom is 0.252 e. The molecular weight excluding hydrogens is 421 g/mol. The number of likely N-dealkylation sites (N-methyl/N-ethyl adjacent to an activating group) is 1. The number of hydrogen-bond acceptors (Lipinski definition) is 3. The zero-order valence-corrected chi connectivity index (χ0v) is 20.4. The van der Waals surface area contributed by atoms with Crippen LogP contribution in [0.1, 0.15) is 57.1 Å². The first-order valence-electron chi connectivity index (χ1n) is 11.3. The van der Waals surface area contributed by atoms with Crippen LogP contribution in [-0.4, -0.2) is 42.3 Å². The first-order valence-corrected chi connectivity index (χ1v) is 13.0. The second-order valence-electron chi connectivity index (χ2n) is 9.31. The molecule has 2 aliphatic heterocycles. The molecule has 4 rings (SSSR count). The van der Waals surface area contributed by atoms with Gasteiger partial charge < -0.3 is 4.67 Å². The van der Waals surface area contributed by atoms with Gasteiger partial charge in [-0.05, 0) is 42.1 Å². The van der Waals surface area contributed by atoms with Gasteiger partial charge in [0, 0.05) is 25.2 Å². The molecule has 170 valence electrons. The van der Waals surface area contributed by atoms with Crippen molar-refractivity contribution in [3.63, 3.8) is 0 Å². The van der Waals surface area contributed by atoms with E-state index in [2.05, 4.69) is 27.7 Å². The summed E-state index contributed by atoms with van der Waals surface area (Å²) in [6.07, 6.45) is -0.0340. The second kappa shape index (κ2) is 8.49. The number of carbonyl (C=O) groups is 2. The number of amides is 2. The van der Waals surface area contributed by atoms with Gasteiger partial charge >= 0.3 is 0 Å². The predicted octanol–water partition coefficient (Wildman–Crippen LogP) is 5.21. The van der Waals surface area contributed by atoms with Gasteiger partial charge in [0.2, 0.25) is 11.8 Å². The molecule has 0 bridgehead atoms. The van der Waals surface area contributed by atoms with Crippen molar-refractivity contribution < 1.29 is 14.2 Å². The molecule has 0 radical (unpaired) electrons. The molecule has 32 heavy (non-hydrogen) atoms. The summed E-state index contributed by atoms with van der Waals surface area (Å²) in [6, 6.07) is 15.5. The Kier molecular flexibility index (Phi) is 6.04. The largest absolute Gasteiger partial charge is 0.309 e. The lowest BCUT2D eigenvalue weighted by molar-refractivity contribution is -0.121. The highest BCUT2D eigenvalue weighted by Gasteiger charge is 2.57. The van der Waals surface area contributed by atoms with Crippen molar-refractivity contribution >= 4 is 30.6 Å². The minimum Gasteiger partial charge on any atom is -0.309 e. The van der Waals surface area contributed by atoms with Gasteiger partial charge in [0.1, 0.15) is 5.66 Å². The van der Waals surface area contributed by atoms with Crippen molar-refractivity contribution in [3.8, 4) is 0 Å². The average molecular weight is 454 g/mol. The summed E-state index contributed by atoms with van der Waals surface area (Å²) in [5.74, 6) is -0.315. The Morgan fingerprint density at radius 2 is 1.47 bits per heavy atom. The summed E-state index contributed by atoms with van der Waals surface area (Å²) in [4.78, 5) is 28.5. The molecule has 2 amide bonds. The fourth-order valence-electron chi connectivity index (χ4n) is 4.89. The predicted molar refractivity (Wildman–Crippen MR) is 130 cm³/mol. The molecule has 2 atom stereocenters. The smallest absolute Gasteiger partial charge is 0.252 e. The Labute approximate surface area is 190 Å². The molecule has 0 aromatic heterocycles. The molecule has 6 nitrogen and oxygen atoms in total. The molecule has 2 unspecified atom stereocenters. The van der Waals surface area contributed by atoms with Gasteiger partial charge in [0.25, 0.3) is 7.44 Å². The molecule has 0 spiro atoms. The van der Waals surface area contributed by atoms with Crippen molar-refractivity contribution in [1.82, 2.24) is 4.67 Å². The topological polar surface area (TPSA) is 60.9 Å². The SMILES string of the molecule is CC(C)c1cccc(C(C)C)c1N1C(=O)CC(P2(=O)N(C)CCN2c2ccccc2)C1=O. The van der Waals surface area contributed by atoms with Crippen molar-refractivity contribution in [1.29, 1.82) is 0 Å². The van der Waals surface area contributed by atoms with Crippen LogP contribution in [0, 0.1) is 0 Å². The van der Waals surface area contributed by atoms with Crippen LogP contribution in [0.2, 0.25) is 0 Å². The quantitative estimate of drug-likeness (QED) is 0.459. The van der Waals surface area contributed by atoms with Crippen molar-refractivity contribution in [2.24, 2.45) is 0 Å². The highest BCUT2D eigenvalue weighted by Crippen LogP contribution is 2.64. The third-order valence-electron chi connectivity index (χ3n) is 6.62. The summed E-state index contributed by atoms with van der Waals surface area (Å²) < 4.78 is 18.1. The highest BCUT2D eigenvalue weighted by molar-refractivity contribution is 7.65. The number of rotatable bonds is 5. The lowest BCUT2D eigenvalue weighted by Gasteiger charge is -2.33. The number of para-hydroxylation sites is 2. The van der Waals surface area contributed by atoms with Crippen LogP contribution in [0.5, 0.6) is 0 Å². The summed E-state index contributed by atoms with van der Waals surface area (Å²) in [5.41, 5.74) is 2.58. The maximum atomic E-state index is 14.5. The van der Waals surface area contributed by atoms with Crippen LogP contribution in [0.15, 0.2) is 48.5 Å². The minimum absolute atomic E-state index is 0.0340. The Hall–Kier alpha value is -2.43. The minimum atomic E-state index is -3.32. The van der Waals surface area contributed by atoms with E-state index in [0.29, 0.717) is 18.8 Å². The average Bonchev–Trinajstić information content (AvgIpc) is 3.23. The number of imide groups is 1. The van der Waals surface area contributed by atoms with E-state index in [9.17, 15) is 14.2 Å². The summed E-state index contributed by atoms with van der Waals surface area (Å²) in [5, 5.41) is 0. The molecule has 2 saturated heterocycles. The molecular formula is C25H32N3O3P. The van der Waals surface area contributed by atoms with Gasteiger partial charge in [-0.3, -0.25) is 14.2 Å². The Bertz CT molecular complexity index is 1060.